The average Bonchev–Trinajstić information content (AvgIpc) is 3.33. The van der Waals surface area contributed by atoms with Gasteiger partial charge in [-0.2, -0.15) is 0 Å². The monoisotopic (exact) mass is 500 g/mol. The molecule has 0 atom stereocenters. The van der Waals surface area contributed by atoms with Crippen LogP contribution in [0.25, 0.3) is 10.9 Å². The topological polar surface area (TPSA) is 102 Å². The zero-order chi connectivity index (χ0) is 24.9. The summed E-state index contributed by atoms with van der Waals surface area (Å²) in [5.74, 6) is -1.06. The van der Waals surface area contributed by atoms with Crippen LogP contribution >= 0.6 is 11.6 Å². The van der Waals surface area contributed by atoms with Crippen LogP contribution < -0.4 is 21.9 Å². The van der Waals surface area contributed by atoms with Crippen molar-refractivity contribution in [3.05, 3.63) is 74.1 Å². The summed E-state index contributed by atoms with van der Waals surface area (Å²) in [7, 11) is 0. The molecule has 1 fully saturated rings. The number of nitrogens with zero attached hydrogens (tertiary/aromatic N) is 2. The van der Waals surface area contributed by atoms with Crippen molar-refractivity contribution in [3.8, 4) is 0 Å². The Morgan fingerprint density at radius 1 is 1.00 bits per heavy atom. The predicted octanol–water partition coefficient (Wildman–Crippen LogP) is 3.43. The lowest BCUT2D eigenvalue weighted by atomic mass is 10.2. The van der Waals surface area contributed by atoms with Gasteiger partial charge >= 0.3 is 5.69 Å². The molecule has 2 amide bonds. The van der Waals surface area contributed by atoms with E-state index in [4.69, 9.17) is 11.6 Å². The van der Waals surface area contributed by atoms with Crippen LogP contribution in [0.3, 0.4) is 0 Å². The highest BCUT2D eigenvalue weighted by molar-refractivity contribution is 6.31. The van der Waals surface area contributed by atoms with Gasteiger partial charge in [0, 0.05) is 29.7 Å². The minimum atomic E-state index is -0.657. The lowest BCUT2D eigenvalue weighted by Gasteiger charge is -2.15. The molecule has 184 valence electrons. The number of fused-ring (bicyclic) bond motifs is 1. The van der Waals surface area contributed by atoms with Gasteiger partial charge in [-0.15, -0.1) is 0 Å². The predicted molar refractivity (Wildman–Crippen MR) is 132 cm³/mol. The molecule has 1 aliphatic rings. The number of nitrogens with one attached hydrogen (secondary N) is 2. The van der Waals surface area contributed by atoms with Crippen molar-refractivity contribution < 1.29 is 14.0 Å². The number of aromatic nitrogens is 2. The minimum absolute atomic E-state index is 0.0256. The van der Waals surface area contributed by atoms with Crippen molar-refractivity contribution in [3.63, 3.8) is 0 Å². The van der Waals surface area contributed by atoms with Gasteiger partial charge in [-0.25, -0.2) is 9.18 Å². The van der Waals surface area contributed by atoms with E-state index in [0.29, 0.717) is 17.1 Å². The molecule has 2 aromatic carbocycles. The lowest BCUT2D eigenvalue weighted by Crippen LogP contribution is -2.42. The molecule has 0 spiro atoms. The van der Waals surface area contributed by atoms with Crippen LogP contribution in [0.15, 0.2) is 52.1 Å². The van der Waals surface area contributed by atoms with Crippen molar-refractivity contribution >= 4 is 40.0 Å². The van der Waals surface area contributed by atoms with Gasteiger partial charge in [0.1, 0.15) is 12.4 Å². The maximum atomic E-state index is 13.2. The highest BCUT2D eigenvalue weighted by Gasteiger charge is 2.18. The zero-order valence-corrected chi connectivity index (χ0v) is 19.8. The molecular formula is C25H26ClFN4O4. The van der Waals surface area contributed by atoms with Gasteiger partial charge in [0.2, 0.25) is 11.8 Å². The Morgan fingerprint density at radius 2 is 1.71 bits per heavy atom. The first-order valence-corrected chi connectivity index (χ1v) is 12.0. The Balaban J connectivity index is 1.56. The SMILES string of the molecule is O=C(Cn1c(=O)n(CCCC(=O)NC2CCCC2)c(=O)c2cc(Cl)ccc21)Nc1ccc(F)cc1. The average molecular weight is 501 g/mol. The van der Waals surface area contributed by atoms with Crippen LogP contribution in [0.1, 0.15) is 38.5 Å². The van der Waals surface area contributed by atoms with E-state index in [0.717, 1.165) is 30.3 Å². The number of carbonyl (C=O) groups excluding carboxylic acids is 2. The highest BCUT2D eigenvalue weighted by atomic mass is 35.5. The first-order chi connectivity index (χ1) is 16.8. The number of benzene rings is 2. The van der Waals surface area contributed by atoms with Gasteiger partial charge in [-0.05, 0) is 61.7 Å². The lowest BCUT2D eigenvalue weighted by molar-refractivity contribution is -0.122. The Kier molecular flexibility index (Phi) is 7.65. The van der Waals surface area contributed by atoms with E-state index in [2.05, 4.69) is 10.6 Å². The fourth-order valence-corrected chi connectivity index (χ4v) is 4.56. The van der Waals surface area contributed by atoms with Crippen LogP contribution in [0.4, 0.5) is 10.1 Å². The molecule has 1 saturated carbocycles. The first kappa shape index (κ1) is 24.7. The minimum Gasteiger partial charge on any atom is -0.353 e. The first-order valence-electron chi connectivity index (χ1n) is 11.6. The number of hydrogen-bond acceptors (Lipinski definition) is 4. The van der Waals surface area contributed by atoms with Gasteiger partial charge < -0.3 is 10.6 Å². The van der Waals surface area contributed by atoms with Crippen LogP contribution in [-0.4, -0.2) is 27.0 Å². The maximum absolute atomic E-state index is 13.2. The largest absolute Gasteiger partial charge is 0.353 e. The summed E-state index contributed by atoms with van der Waals surface area (Å²) in [5, 5.41) is 6.12. The molecule has 0 radical (unpaired) electrons. The molecule has 1 heterocycles. The highest BCUT2D eigenvalue weighted by Crippen LogP contribution is 2.18. The molecule has 0 bridgehead atoms. The maximum Gasteiger partial charge on any atom is 0.331 e. The Morgan fingerprint density at radius 3 is 2.43 bits per heavy atom. The van der Waals surface area contributed by atoms with E-state index >= 15 is 0 Å². The zero-order valence-electron chi connectivity index (χ0n) is 19.1. The Hall–Kier alpha value is -3.46. The summed E-state index contributed by atoms with van der Waals surface area (Å²) in [6.45, 7) is -0.339. The fourth-order valence-electron chi connectivity index (χ4n) is 4.39. The number of amides is 2. The summed E-state index contributed by atoms with van der Waals surface area (Å²) < 4.78 is 15.4. The molecule has 0 saturated heterocycles. The third-order valence-corrected chi connectivity index (χ3v) is 6.36. The molecular weight excluding hydrogens is 475 g/mol. The third kappa shape index (κ3) is 5.97. The van der Waals surface area contributed by atoms with Crippen LogP contribution in [-0.2, 0) is 22.7 Å². The van der Waals surface area contributed by atoms with Gasteiger partial charge in [0.25, 0.3) is 5.56 Å². The van der Waals surface area contributed by atoms with E-state index in [1.165, 1.54) is 47.0 Å². The molecule has 10 heteroatoms. The summed E-state index contributed by atoms with van der Waals surface area (Å²) in [4.78, 5) is 51.2. The third-order valence-electron chi connectivity index (χ3n) is 6.12. The van der Waals surface area contributed by atoms with Gasteiger partial charge in [-0.3, -0.25) is 23.5 Å². The van der Waals surface area contributed by atoms with Crippen LogP contribution in [0.5, 0.6) is 0 Å². The van der Waals surface area contributed by atoms with Gasteiger partial charge in [0.05, 0.1) is 10.9 Å². The normalized spacial score (nSPS) is 13.8. The molecule has 2 N–H and O–H groups in total. The molecule has 0 aliphatic heterocycles. The van der Waals surface area contributed by atoms with Crippen LogP contribution in [0, 0.1) is 5.82 Å². The summed E-state index contributed by atoms with van der Waals surface area (Å²) in [6.07, 6.45) is 4.63. The molecule has 0 unspecified atom stereocenters. The van der Waals surface area contributed by atoms with E-state index in [1.807, 2.05) is 0 Å². The number of rotatable bonds is 8. The molecule has 8 nitrogen and oxygen atoms in total. The summed E-state index contributed by atoms with van der Waals surface area (Å²) in [5.41, 5.74) is -0.540. The second-order valence-corrected chi connectivity index (χ2v) is 9.13. The molecule has 1 aliphatic carbocycles. The number of hydrogen-bond donors (Lipinski definition) is 2. The molecule has 1 aromatic heterocycles. The van der Waals surface area contributed by atoms with E-state index < -0.39 is 23.0 Å². The second kappa shape index (κ2) is 10.9. The van der Waals surface area contributed by atoms with E-state index in [1.54, 1.807) is 0 Å². The summed E-state index contributed by atoms with van der Waals surface area (Å²) >= 11 is 6.09. The van der Waals surface area contributed by atoms with Crippen molar-refractivity contribution in [1.82, 2.24) is 14.5 Å². The van der Waals surface area contributed by atoms with Crippen molar-refractivity contribution in [2.75, 3.05) is 5.32 Å². The van der Waals surface area contributed by atoms with Gasteiger partial charge in [0.15, 0.2) is 0 Å². The quantitative estimate of drug-likeness (QED) is 0.494. The Bertz CT molecular complexity index is 1360. The number of carbonyl (C=O) groups is 2. The second-order valence-electron chi connectivity index (χ2n) is 8.69. The van der Waals surface area contributed by atoms with Crippen molar-refractivity contribution in [2.24, 2.45) is 0 Å². The molecule has 4 rings (SSSR count). The van der Waals surface area contributed by atoms with E-state index in [9.17, 15) is 23.6 Å². The molecule has 35 heavy (non-hydrogen) atoms. The number of anilines is 1. The van der Waals surface area contributed by atoms with Gasteiger partial charge in [-0.1, -0.05) is 24.4 Å². The van der Waals surface area contributed by atoms with Crippen LogP contribution in [0.2, 0.25) is 5.02 Å². The number of halogens is 2. The fraction of sp³-hybridized carbons (Fsp3) is 0.360. The van der Waals surface area contributed by atoms with Crippen molar-refractivity contribution in [1.29, 1.82) is 0 Å². The van der Waals surface area contributed by atoms with Crippen molar-refractivity contribution in [2.45, 2.75) is 57.7 Å². The molecule has 3 aromatic rings. The Labute approximate surface area is 205 Å². The van der Waals surface area contributed by atoms with E-state index in [-0.39, 0.29) is 42.4 Å². The summed E-state index contributed by atoms with van der Waals surface area (Å²) in [6, 6.07) is 9.95. The smallest absolute Gasteiger partial charge is 0.331 e. The standard InChI is InChI=1S/C25H26ClFN4O4/c26-16-7-12-21-20(14-16)24(34)30(13-3-6-22(32)28-18-4-1-2-5-18)25(35)31(21)15-23(33)29-19-10-8-17(27)9-11-19/h7-12,14,18H,1-6,13,15H2,(H,28,32)(H,29,33).